The first-order chi connectivity index (χ1) is 8.07. The summed E-state index contributed by atoms with van der Waals surface area (Å²) in [7, 11) is 0. The minimum atomic E-state index is -0.123. The predicted molar refractivity (Wildman–Crippen MR) is 69.3 cm³/mol. The van der Waals surface area contributed by atoms with Crippen LogP contribution in [-0.2, 0) is 4.74 Å². The molecule has 94 valence electrons. The number of halogens is 1. The van der Waals surface area contributed by atoms with Gasteiger partial charge < -0.3 is 14.8 Å². The number of morpholine rings is 1. The number of nitrogens with zero attached hydrogens (tertiary/aromatic N) is 1. The van der Waals surface area contributed by atoms with E-state index in [1.165, 1.54) is 0 Å². The molecule has 1 aliphatic heterocycles. The lowest BCUT2D eigenvalue weighted by Crippen LogP contribution is -2.52. The van der Waals surface area contributed by atoms with Crippen molar-refractivity contribution in [3.05, 3.63) is 22.9 Å². The predicted octanol–water partition coefficient (Wildman–Crippen LogP) is 1.99. The SMILES string of the molecule is CC1(C)CNCC(COc2ccncc2Br)O1. The smallest absolute Gasteiger partial charge is 0.136 e. The van der Waals surface area contributed by atoms with Gasteiger partial charge in [0.15, 0.2) is 0 Å². The van der Waals surface area contributed by atoms with Gasteiger partial charge in [-0.3, -0.25) is 4.98 Å². The lowest BCUT2D eigenvalue weighted by molar-refractivity contribution is -0.107. The molecule has 1 N–H and O–H groups in total. The maximum atomic E-state index is 5.92. The Morgan fingerprint density at radius 3 is 3.18 bits per heavy atom. The summed E-state index contributed by atoms with van der Waals surface area (Å²) < 4.78 is 12.5. The van der Waals surface area contributed by atoms with E-state index in [0.717, 1.165) is 23.3 Å². The summed E-state index contributed by atoms with van der Waals surface area (Å²) in [5.41, 5.74) is -0.123. The lowest BCUT2D eigenvalue weighted by atomic mass is 10.1. The van der Waals surface area contributed by atoms with Crippen LogP contribution in [0.25, 0.3) is 0 Å². The Morgan fingerprint density at radius 1 is 1.65 bits per heavy atom. The molecule has 0 radical (unpaired) electrons. The monoisotopic (exact) mass is 300 g/mol. The van der Waals surface area contributed by atoms with E-state index in [0.29, 0.717) is 6.61 Å². The fourth-order valence-electron chi connectivity index (χ4n) is 1.82. The number of hydrogen-bond acceptors (Lipinski definition) is 4. The van der Waals surface area contributed by atoms with Crippen molar-refractivity contribution in [1.29, 1.82) is 0 Å². The van der Waals surface area contributed by atoms with Gasteiger partial charge in [0.1, 0.15) is 18.5 Å². The average molecular weight is 301 g/mol. The van der Waals surface area contributed by atoms with Crippen molar-refractivity contribution >= 4 is 15.9 Å². The van der Waals surface area contributed by atoms with E-state index in [-0.39, 0.29) is 11.7 Å². The summed E-state index contributed by atoms with van der Waals surface area (Å²) in [5, 5.41) is 3.35. The van der Waals surface area contributed by atoms with Crippen molar-refractivity contribution < 1.29 is 9.47 Å². The molecule has 1 saturated heterocycles. The summed E-state index contributed by atoms with van der Waals surface area (Å²) in [5.74, 6) is 0.798. The minimum absolute atomic E-state index is 0.0822. The topological polar surface area (TPSA) is 43.4 Å². The van der Waals surface area contributed by atoms with Gasteiger partial charge in [0.25, 0.3) is 0 Å². The maximum absolute atomic E-state index is 5.92. The number of hydrogen-bond donors (Lipinski definition) is 1. The van der Waals surface area contributed by atoms with E-state index >= 15 is 0 Å². The highest BCUT2D eigenvalue weighted by Crippen LogP contribution is 2.23. The number of aromatic nitrogens is 1. The molecule has 0 amide bonds. The van der Waals surface area contributed by atoms with E-state index in [1.807, 2.05) is 6.07 Å². The van der Waals surface area contributed by atoms with Crippen LogP contribution >= 0.6 is 15.9 Å². The quantitative estimate of drug-likeness (QED) is 0.927. The van der Waals surface area contributed by atoms with Crippen molar-refractivity contribution in [3.8, 4) is 5.75 Å². The van der Waals surface area contributed by atoms with Crippen LogP contribution in [0.1, 0.15) is 13.8 Å². The van der Waals surface area contributed by atoms with Gasteiger partial charge in [-0.25, -0.2) is 0 Å². The molecule has 1 fully saturated rings. The van der Waals surface area contributed by atoms with Crippen LogP contribution in [0.15, 0.2) is 22.9 Å². The summed E-state index contributed by atoms with van der Waals surface area (Å²) in [6.07, 6.45) is 3.52. The van der Waals surface area contributed by atoms with E-state index in [9.17, 15) is 0 Å². The van der Waals surface area contributed by atoms with Crippen LogP contribution in [0, 0.1) is 0 Å². The van der Waals surface area contributed by atoms with Crippen molar-refractivity contribution in [2.24, 2.45) is 0 Å². The van der Waals surface area contributed by atoms with Gasteiger partial charge in [0.05, 0.1) is 10.1 Å². The molecule has 0 bridgehead atoms. The van der Waals surface area contributed by atoms with Crippen molar-refractivity contribution in [2.75, 3.05) is 19.7 Å². The molecule has 0 saturated carbocycles. The van der Waals surface area contributed by atoms with Crippen LogP contribution in [-0.4, -0.2) is 36.4 Å². The Balaban J connectivity index is 1.88. The van der Waals surface area contributed by atoms with Crippen molar-refractivity contribution in [2.45, 2.75) is 25.6 Å². The van der Waals surface area contributed by atoms with Gasteiger partial charge >= 0.3 is 0 Å². The molecule has 2 heterocycles. The standard InChI is InChI=1S/C12H17BrN2O2/c1-12(2)8-15-5-9(17-12)7-16-11-3-4-14-6-10(11)13/h3-4,6,9,15H,5,7-8H2,1-2H3. The Hall–Kier alpha value is -0.650. The van der Waals surface area contributed by atoms with Gasteiger partial charge in [-0.2, -0.15) is 0 Å². The normalized spacial score (nSPS) is 23.4. The van der Waals surface area contributed by atoms with Crippen LogP contribution < -0.4 is 10.1 Å². The lowest BCUT2D eigenvalue weighted by Gasteiger charge is -2.36. The fourth-order valence-corrected chi connectivity index (χ4v) is 2.19. The fraction of sp³-hybridized carbons (Fsp3) is 0.583. The van der Waals surface area contributed by atoms with E-state index < -0.39 is 0 Å². The van der Waals surface area contributed by atoms with Gasteiger partial charge in [-0.1, -0.05) is 0 Å². The highest BCUT2D eigenvalue weighted by molar-refractivity contribution is 9.10. The second kappa shape index (κ2) is 5.33. The van der Waals surface area contributed by atoms with Crippen LogP contribution in [0.5, 0.6) is 5.75 Å². The molecule has 1 aliphatic rings. The highest BCUT2D eigenvalue weighted by Gasteiger charge is 2.28. The first-order valence-electron chi connectivity index (χ1n) is 5.68. The van der Waals surface area contributed by atoms with Gasteiger partial charge in [-0.15, -0.1) is 0 Å². The molecule has 17 heavy (non-hydrogen) atoms. The van der Waals surface area contributed by atoms with E-state index in [1.54, 1.807) is 12.4 Å². The Kier molecular flexibility index (Phi) is 4.01. The highest BCUT2D eigenvalue weighted by atomic mass is 79.9. The minimum Gasteiger partial charge on any atom is -0.490 e. The Bertz CT molecular complexity index is 385. The molecular formula is C12H17BrN2O2. The molecule has 2 rings (SSSR count). The van der Waals surface area contributed by atoms with Gasteiger partial charge in [0, 0.05) is 25.5 Å². The molecular weight excluding hydrogens is 284 g/mol. The number of nitrogens with one attached hydrogen (secondary N) is 1. The summed E-state index contributed by atoms with van der Waals surface area (Å²) in [4.78, 5) is 3.99. The first-order valence-corrected chi connectivity index (χ1v) is 6.47. The third kappa shape index (κ3) is 3.66. The largest absolute Gasteiger partial charge is 0.490 e. The summed E-state index contributed by atoms with van der Waals surface area (Å²) >= 11 is 3.40. The number of rotatable bonds is 3. The van der Waals surface area contributed by atoms with Crippen molar-refractivity contribution in [1.82, 2.24) is 10.3 Å². The molecule has 0 spiro atoms. The molecule has 1 unspecified atom stereocenters. The molecule has 5 heteroatoms. The van der Waals surface area contributed by atoms with Crippen molar-refractivity contribution in [3.63, 3.8) is 0 Å². The van der Waals surface area contributed by atoms with Gasteiger partial charge in [0.2, 0.25) is 0 Å². The maximum Gasteiger partial charge on any atom is 0.136 e. The van der Waals surface area contributed by atoms with Crippen LogP contribution in [0.4, 0.5) is 0 Å². The number of pyridine rings is 1. The second-order valence-corrected chi connectivity index (χ2v) is 5.60. The summed E-state index contributed by atoms with van der Waals surface area (Å²) in [6.45, 7) is 6.40. The van der Waals surface area contributed by atoms with Crippen LogP contribution in [0.3, 0.4) is 0 Å². The molecule has 0 aromatic carbocycles. The Labute approximate surface area is 110 Å². The summed E-state index contributed by atoms with van der Waals surface area (Å²) in [6, 6.07) is 1.84. The molecule has 1 aromatic rings. The zero-order valence-corrected chi connectivity index (χ0v) is 11.7. The molecule has 4 nitrogen and oxygen atoms in total. The zero-order chi connectivity index (χ0) is 12.3. The second-order valence-electron chi connectivity index (χ2n) is 4.75. The third-order valence-corrected chi connectivity index (χ3v) is 3.16. The Morgan fingerprint density at radius 2 is 2.47 bits per heavy atom. The van der Waals surface area contributed by atoms with Crippen LogP contribution in [0.2, 0.25) is 0 Å². The molecule has 1 aromatic heterocycles. The van der Waals surface area contributed by atoms with Gasteiger partial charge in [-0.05, 0) is 35.8 Å². The third-order valence-electron chi connectivity index (χ3n) is 2.57. The molecule has 0 aliphatic carbocycles. The first kappa shape index (κ1) is 12.8. The zero-order valence-electron chi connectivity index (χ0n) is 10.1. The number of ether oxygens (including phenoxy) is 2. The molecule has 1 atom stereocenters. The van der Waals surface area contributed by atoms with E-state index in [2.05, 4.69) is 40.1 Å². The average Bonchev–Trinajstić information content (AvgIpc) is 2.27. The van der Waals surface area contributed by atoms with E-state index in [4.69, 9.17) is 9.47 Å².